The molecule has 1 amide bonds. The van der Waals surface area contributed by atoms with E-state index >= 15 is 0 Å². The summed E-state index contributed by atoms with van der Waals surface area (Å²) in [5.74, 6) is -0.207. The highest BCUT2D eigenvalue weighted by Gasteiger charge is 2.18. The number of hydrogen-bond acceptors (Lipinski definition) is 4. The van der Waals surface area contributed by atoms with Crippen LogP contribution in [0.5, 0.6) is 0 Å². The van der Waals surface area contributed by atoms with E-state index in [-0.39, 0.29) is 15.8 Å². The van der Waals surface area contributed by atoms with Gasteiger partial charge in [-0.2, -0.15) is 0 Å². The summed E-state index contributed by atoms with van der Waals surface area (Å²) in [4.78, 5) is 11.6. The highest BCUT2D eigenvalue weighted by molar-refractivity contribution is 7.17. The van der Waals surface area contributed by atoms with E-state index in [0.29, 0.717) is 11.6 Å². The summed E-state index contributed by atoms with van der Waals surface area (Å²) in [5, 5.41) is 10.4. The molecule has 84 valence electrons. The normalized spacial score (nSPS) is 11.5. The van der Waals surface area contributed by atoms with Gasteiger partial charge in [0.25, 0.3) is 5.91 Å². The average molecular weight is 248 g/mol. The fourth-order valence-corrected chi connectivity index (χ4v) is 1.56. The largest absolute Gasteiger partial charge is 0.349 e. The molecule has 0 radical (unpaired) electrons. The summed E-state index contributed by atoms with van der Waals surface area (Å²) in [6.07, 6.45) is 1.00. The van der Waals surface area contributed by atoms with Crippen LogP contribution in [-0.2, 0) is 0 Å². The van der Waals surface area contributed by atoms with Crippen molar-refractivity contribution in [3.63, 3.8) is 0 Å². The molecule has 0 fully saturated rings. The lowest BCUT2D eigenvalue weighted by atomic mass is 9.90. The maximum Gasteiger partial charge on any atom is 0.282 e. The molecule has 0 unspecified atom stereocenters. The van der Waals surface area contributed by atoms with E-state index in [0.717, 1.165) is 17.8 Å². The molecule has 0 aliphatic heterocycles. The van der Waals surface area contributed by atoms with Gasteiger partial charge in [-0.3, -0.25) is 4.79 Å². The predicted molar refractivity (Wildman–Crippen MR) is 61.3 cm³/mol. The van der Waals surface area contributed by atoms with E-state index in [9.17, 15) is 4.79 Å². The minimum atomic E-state index is -0.207. The van der Waals surface area contributed by atoms with E-state index in [1.807, 2.05) is 0 Å². The zero-order chi connectivity index (χ0) is 11.5. The molecule has 0 aliphatic rings. The van der Waals surface area contributed by atoms with Crippen molar-refractivity contribution < 1.29 is 4.79 Å². The van der Waals surface area contributed by atoms with Crippen LogP contribution in [0.3, 0.4) is 0 Å². The molecule has 0 atom stereocenters. The summed E-state index contributed by atoms with van der Waals surface area (Å²) in [6, 6.07) is 0. The Labute approximate surface area is 98.0 Å². The SMILES string of the molecule is CCC(C)(C)CNC(=O)c1nnc(Cl)s1. The molecule has 0 saturated carbocycles. The second-order valence-corrected chi connectivity index (χ2v) is 5.62. The Kier molecular flexibility index (Phi) is 4.04. The van der Waals surface area contributed by atoms with Crippen LogP contribution in [0.2, 0.25) is 4.47 Å². The number of carbonyl (C=O) groups is 1. The van der Waals surface area contributed by atoms with Crippen LogP contribution in [-0.4, -0.2) is 22.6 Å². The Morgan fingerprint density at radius 3 is 2.67 bits per heavy atom. The van der Waals surface area contributed by atoms with Crippen molar-refractivity contribution >= 4 is 28.8 Å². The van der Waals surface area contributed by atoms with Gasteiger partial charge in [0, 0.05) is 6.54 Å². The van der Waals surface area contributed by atoms with Crippen LogP contribution in [0, 0.1) is 5.41 Å². The smallest absolute Gasteiger partial charge is 0.282 e. The van der Waals surface area contributed by atoms with Gasteiger partial charge in [-0.1, -0.05) is 32.1 Å². The number of aromatic nitrogens is 2. The van der Waals surface area contributed by atoms with Crippen molar-refractivity contribution in [2.45, 2.75) is 27.2 Å². The maximum atomic E-state index is 11.6. The molecular weight excluding hydrogens is 234 g/mol. The van der Waals surface area contributed by atoms with Crippen LogP contribution < -0.4 is 5.32 Å². The highest BCUT2D eigenvalue weighted by atomic mass is 35.5. The molecule has 1 rings (SSSR count). The Morgan fingerprint density at radius 2 is 2.20 bits per heavy atom. The molecule has 0 aromatic carbocycles. The number of nitrogens with zero attached hydrogens (tertiary/aromatic N) is 2. The van der Waals surface area contributed by atoms with Crippen LogP contribution >= 0.6 is 22.9 Å². The molecule has 15 heavy (non-hydrogen) atoms. The van der Waals surface area contributed by atoms with Gasteiger partial charge in [-0.25, -0.2) is 0 Å². The van der Waals surface area contributed by atoms with Crippen molar-refractivity contribution in [1.29, 1.82) is 0 Å². The Hall–Kier alpha value is -0.680. The molecular formula is C9H14ClN3OS. The lowest BCUT2D eigenvalue weighted by molar-refractivity contribution is 0.0934. The van der Waals surface area contributed by atoms with Gasteiger partial charge >= 0.3 is 0 Å². The molecule has 1 N–H and O–H groups in total. The monoisotopic (exact) mass is 247 g/mol. The lowest BCUT2D eigenvalue weighted by Gasteiger charge is -2.22. The van der Waals surface area contributed by atoms with Gasteiger partial charge in [-0.15, -0.1) is 10.2 Å². The number of halogens is 1. The third-order valence-electron chi connectivity index (χ3n) is 2.28. The van der Waals surface area contributed by atoms with Gasteiger partial charge in [0.15, 0.2) is 0 Å². The number of carbonyl (C=O) groups excluding carboxylic acids is 1. The van der Waals surface area contributed by atoms with Crippen LogP contribution in [0.4, 0.5) is 0 Å². The number of rotatable bonds is 4. The lowest BCUT2D eigenvalue weighted by Crippen LogP contribution is -2.33. The van der Waals surface area contributed by atoms with Crippen LogP contribution in [0.1, 0.15) is 37.0 Å². The fourth-order valence-electron chi connectivity index (χ4n) is 0.817. The zero-order valence-corrected chi connectivity index (χ0v) is 10.6. The second kappa shape index (κ2) is 4.90. The molecule has 1 aromatic heterocycles. The van der Waals surface area contributed by atoms with Crippen molar-refractivity contribution in [3.8, 4) is 0 Å². The molecule has 4 nitrogen and oxygen atoms in total. The van der Waals surface area contributed by atoms with Crippen molar-refractivity contribution in [2.24, 2.45) is 5.41 Å². The van der Waals surface area contributed by atoms with Crippen molar-refractivity contribution in [1.82, 2.24) is 15.5 Å². The van der Waals surface area contributed by atoms with E-state index in [1.165, 1.54) is 0 Å². The first-order valence-electron chi connectivity index (χ1n) is 4.72. The average Bonchev–Trinajstić information content (AvgIpc) is 2.61. The number of hydrogen-bond donors (Lipinski definition) is 1. The Morgan fingerprint density at radius 1 is 1.53 bits per heavy atom. The van der Waals surface area contributed by atoms with Gasteiger partial charge in [0.2, 0.25) is 9.47 Å². The minimum Gasteiger partial charge on any atom is -0.349 e. The molecule has 1 aromatic rings. The van der Waals surface area contributed by atoms with E-state index < -0.39 is 0 Å². The van der Waals surface area contributed by atoms with Gasteiger partial charge in [-0.05, 0) is 23.4 Å². The molecule has 1 heterocycles. The van der Waals surface area contributed by atoms with Crippen LogP contribution in [0.25, 0.3) is 0 Å². The molecule has 6 heteroatoms. The quantitative estimate of drug-likeness (QED) is 0.889. The molecule has 0 saturated heterocycles. The summed E-state index contributed by atoms with van der Waals surface area (Å²) in [7, 11) is 0. The van der Waals surface area contributed by atoms with E-state index in [4.69, 9.17) is 11.6 Å². The van der Waals surface area contributed by atoms with Gasteiger partial charge < -0.3 is 5.32 Å². The minimum absolute atomic E-state index is 0.101. The van der Waals surface area contributed by atoms with Crippen molar-refractivity contribution in [2.75, 3.05) is 6.54 Å². The molecule has 0 spiro atoms. The maximum absolute atomic E-state index is 11.6. The molecule has 0 bridgehead atoms. The molecule has 0 aliphatic carbocycles. The first kappa shape index (κ1) is 12.4. The van der Waals surface area contributed by atoms with E-state index in [1.54, 1.807) is 0 Å². The Bertz CT molecular complexity index is 351. The second-order valence-electron chi connectivity index (χ2n) is 4.06. The number of nitrogens with one attached hydrogen (secondary N) is 1. The van der Waals surface area contributed by atoms with Crippen molar-refractivity contribution in [3.05, 3.63) is 9.47 Å². The topological polar surface area (TPSA) is 54.9 Å². The van der Waals surface area contributed by atoms with E-state index in [2.05, 4.69) is 36.3 Å². The number of amides is 1. The summed E-state index contributed by atoms with van der Waals surface area (Å²) >= 11 is 6.67. The first-order chi connectivity index (χ1) is 6.94. The third-order valence-corrected chi connectivity index (χ3v) is 3.30. The fraction of sp³-hybridized carbons (Fsp3) is 0.667. The first-order valence-corrected chi connectivity index (χ1v) is 5.91. The highest BCUT2D eigenvalue weighted by Crippen LogP contribution is 2.19. The third kappa shape index (κ3) is 3.76. The zero-order valence-electron chi connectivity index (χ0n) is 9.00. The standard InChI is InChI=1S/C9H14ClN3OS/c1-4-9(2,3)5-11-6(14)7-12-13-8(10)15-7/h4-5H2,1-3H3,(H,11,14). The van der Waals surface area contributed by atoms with Gasteiger partial charge in [0.05, 0.1) is 0 Å². The van der Waals surface area contributed by atoms with Crippen LogP contribution in [0.15, 0.2) is 0 Å². The summed E-state index contributed by atoms with van der Waals surface area (Å²) in [6.45, 7) is 6.91. The predicted octanol–water partition coefficient (Wildman–Crippen LogP) is 2.36. The summed E-state index contributed by atoms with van der Waals surface area (Å²) < 4.78 is 0.287. The van der Waals surface area contributed by atoms with Gasteiger partial charge in [0.1, 0.15) is 0 Å². The Balaban J connectivity index is 2.50. The summed E-state index contributed by atoms with van der Waals surface area (Å²) in [5.41, 5.74) is 0.101.